The molecule has 0 aromatic heterocycles. The average Bonchev–Trinajstić information content (AvgIpc) is 2.33. The standard InChI is InChI=1S/C17H34/c1-4-6-8-10-12-14-16-17(3)15-13-11-9-7-5-2/h16H,4-15H2,1-3H3. The summed E-state index contributed by atoms with van der Waals surface area (Å²) >= 11 is 0. The molecule has 0 saturated carbocycles. The lowest BCUT2D eigenvalue weighted by Gasteiger charge is -2.02. The van der Waals surface area contributed by atoms with Gasteiger partial charge in [-0.1, -0.05) is 76.9 Å². The largest absolute Gasteiger partial charge is 0.0856 e. The number of unbranched alkanes of at least 4 members (excludes halogenated alkanes) is 9. The van der Waals surface area contributed by atoms with Crippen molar-refractivity contribution in [2.75, 3.05) is 0 Å². The Hall–Kier alpha value is -0.260. The van der Waals surface area contributed by atoms with E-state index in [-0.39, 0.29) is 0 Å². The van der Waals surface area contributed by atoms with Gasteiger partial charge in [0.15, 0.2) is 0 Å². The Morgan fingerprint density at radius 2 is 1.24 bits per heavy atom. The van der Waals surface area contributed by atoms with E-state index < -0.39 is 0 Å². The van der Waals surface area contributed by atoms with Gasteiger partial charge in [0.05, 0.1) is 0 Å². The molecule has 0 N–H and O–H groups in total. The van der Waals surface area contributed by atoms with Crippen LogP contribution in [0.1, 0.15) is 97.8 Å². The van der Waals surface area contributed by atoms with Crippen LogP contribution < -0.4 is 0 Å². The van der Waals surface area contributed by atoms with Crippen molar-refractivity contribution in [3.8, 4) is 0 Å². The molecule has 0 fully saturated rings. The molecular weight excluding hydrogens is 204 g/mol. The highest BCUT2D eigenvalue weighted by molar-refractivity contribution is 4.97. The highest BCUT2D eigenvalue weighted by atomic mass is 14.0. The normalized spacial score (nSPS) is 12.1. The molecule has 0 spiro atoms. The summed E-state index contributed by atoms with van der Waals surface area (Å²) in [5.41, 5.74) is 1.62. The van der Waals surface area contributed by atoms with Crippen molar-refractivity contribution >= 4 is 0 Å². The Labute approximate surface area is 110 Å². The maximum atomic E-state index is 2.48. The van der Waals surface area contributed by atoms with Crippen LogP contribution in [0.3, 0.4) is 0 Å². The Morgan fingerprint density at radius 1 is 0.706 bits per heavy atom. The molecule has 0 heterocycles. The molecule has 0 unspecified atom stereocenters. The lowest BCUT2D eigenvalue weighted by Crippen LogP contribution is -1.82. The minimum atomic E-state index is 1.31. The first-order valence-electron chi connectivity index (χ1n) is 7.96. The molecule has 17 heavy (non-hydrogen) atoms. The minimum absolute atomic E-state index is 1.31. The molecule has 0 saturated heterocycles. The van der Waals surface area contributed by atoms with Crippen molar-refractivity contribution in [2.45, 2.75) is 97.8 Å². The number of hydrogen-bond acceptors (Lipinski definition) is 0. The predicted octanol–water partition coefficient (Wildman–Crippen LogP) is 6.65. The molecule has 0 amide bonds. The van der Waals surface area contributed by atoms with E-state index in [2.05, 4.69) is 26.8 Å². The monoisotopic (exact) mass is 238 g/mol. The van der Waals surface area contributed by atoms with Gasteiger partial charge in [0.2, 0.25) is 0 Å². The average molecular weight is 238 g/mol. The number of allylic oxidation sites excluding steroid dienone is 2. The third-order valence-corrected chi connectivity index (χ3v) is 3.48. The third-order valence-electron chi connectivity index (χ3n) is 3.48. The van der Waals surface area contributed by atoms with Gasteiger partial charge in [-0.15, -0.1) is 0 Å². The zero-order valence-electron chi connectivity index (χ0n) is 12.6. The van der Waals surface area contributed by atoms with Crippen molar-refractivity contribution in [1.82, 2.24) is 0 Å². The van der Waals surface area contributed by atoms with Crippen LogP contribution in [0.4, 0.5) is 0 Å². The zero-order valence-corrected chi connectivity index (χ0v) is 12.6. The topological polar surface area (TPSA) is 0 Å². The second-order valence-corrected chi connectivity index (χ2v) is 5.42. The van der Waals surface area contributed by atoms with Gasteiger partial charge in [-0.05, 0) is 32.6 Å². The first-order chi connectivity index (χ1) is 8.31. The van der Waals surface area contributed by atoms with Crippen molar-refractivity contribution < 1.29 is 0 Å². The van der Waals surface area contributed by atoms with Gasteiger partial charge >= 0.3 is 0 Å². The van der Waals surface area contributed by atoms with Gasteiger partial charge in [0.25, 0.3) is 0 Å². The van der Waals surface area contributed by atoms with E-state index in [9.17, 15) is 0 Å². The van der Waals surface area contributed by atoms with Crippen molar-refractivity contribution in [3.63, 3.8) is 0 Å². The van der Waals surface area contributed by atoms with Crippen molar-refractivity contribution in [2.24, 2.45) is 0 Å². The smallest absolute Gasteiger partial charge is 0.0323 e. The van der Waals surface area contributed by atoms with Crippen LogP contribution in [0.5, 0.6) is 0 Å². The Bertz CT molecular complexity index is 167. The van der Waals surface area contributed by atoms with Crippen LogP contribution in [-0.2, 0) is 0 Å². The van der Waals surface area contributed by atoms with Gasteiger partial charge < -0.3 is 0 Å². The fourth-order valence-corrected chi connectivity index (χ4v) is 2.21. The summed E-state index contributed by atoms with van der Waals surface area (Å²) in [6.07, 6.45) is 19.2. The van der Waals surface area contributed by atoms with E-state index >= 15 is 0 Å². The van der Waals surface area contributed by atoms with Gasteiger partial charge in [0, 0.05) is 0 Å². The van der Waals surface area contributed by atoms with Crippen LogP contribution in [0.25, 0.3) is 0 Å². The van der Waals surface area contributed by atoms with Gasteiger partial charge in [0.1, 0.15) is 0 Å². The first-order valence-corrected chi connectivity index (χ1v) is 7.96. The van der Waals surface area contributed by atoms with Crippen LogP contribution >= 0.6 is 0 Å². The molecular formula is C17H34. The summed E-state index contributed by atoms with van der Waals surface area (Å²) in [6, 6.07) is 0. The van der Waals surface area contributed by atoms with E-state index in [0.717, 1.165) is 0 Å². The second-order valence-electron chi connectivity index (χ2n) is 5.42. The van der Waals surface area contributed by atoms with Crippen molar-refractivity contribution in [1.29, 1.82) is 0 Å². The first kappa shape index (κ1) is 16.7. The molecule has 0 aromatic carbocycles. The lowest BCUT2D eigenvalue weighted by molar-refractivity contribution is 0.624. The molecule has 102 valence electrons. The maximum absolute atomic E-state index is 2.48. The van der Waals surface area contributed by atoms with E-state index in [1.807, 2.05) is 0 Å². The molecule has 0 nitrogen and oxygen atoms in total. The molecule has 0 aliphatic rings. The molecule has 0 aliphatic heterocycles. The Balaban J connectivity index is 3.26. The number of rotatable bonds is 12. The summed E-state index contributed by atoms with van der Waals surface area (Å²) in [4.78, 5) is 0. The second kappa shape index (κ2) is 13.8. The third kappa shape index (κ3) is 13.7. The van der Waals surface area contributed by atoms with Crippen LogP contribution in [0.15, 0.2) is 11.6 Å². The SMILES string of the molecule is CCCCCCCC=C(C)CCCCCCC. The Morgan fingerprint density at radius 3 is 1.82 bits per heavy atom. The molecule has 0 bridgehead atoms. The molecule has 0 aromatic rings. The molecule has 0 aliphatic carbocycles. The minimum Gasteiger partial charge on any atom is -0.0856 e. The van der Waals surface area contributed by atoms with E-state index in [4.69, 9.17) is 0 Å². The van der Waals surface area contributed by atoms with Gasteiger partial charge in [-0.2, -0.15) is 0 Å². The molecule has 0 radical (unpaired) electrons. The summed E-state index contributed by atoms with van der Waals surface area (Å²) in [6.45, 7) is 6.87. The summed E-state index contributed by atoms with van der Waals surface area (Å²) < 4.78 is 0. The highest BCUT2D eigenvalue weighted by Gasteiger charge is 1.92. The van der Waals surface area contributed by atoms with E-state index in [1.54, 1.807) is 5.57 Å². The van der Waals surface area contributed by atoms with E-state index in [0.29, 0.717) is 0 Å². The maximum Gasteiger partial charge on any atom is -0.0323 e. The lowest BCUT2D eigenvalue weighted by atomic mass is 10.0. The molecule has 0 rings (SSSR count). The van der Waals surface area contributed by atoms with Crippen LogP contribution in [0.2, 0.25) is 0 Å². The van der Waals surface area contributed by atoms with Gasteiger partial charge in [-0.25, -0.2) is 0 Å². The van der Waals surface area contributed by atoms with Crippen molar-refractivity contribution in [3.05, 3.63) is 11.6 Å². The summed E-state index contributed by atoms with van der Waals surface area (Å²) in [5, 5.41) is 0. The zero-order chi connectivity index (χ0) is 12.8. The number of hydrogen-bond donors (Lipinski definition) is 0. The molecule has 0 heteroatoms. The quantitative estimate of drug-likeness (QED) is 0.263. The fourth-order valence-electron chi connectivity index (χ4n) is 2.21. The fraction of sp³-hybridized carbons (Fsp3) is 0.882. The summed E-state index contributed by atoms with van der Waals surface area (Å²) in [7, 11) is 0. The summed E-state index contributed by atoms with van der Waals surface area (Å²) in [5.74, 6) is 0. The molecule has 0 atom stereocenters. The van der Waals surface area contributed by atoms with Crippen LogP contribution in [-0.4, -0.2) is 0 Å². The van der Waals surface area contributed by atoms with Gasteiger partial charge in [-0.3, -0.25) is 0 Å². The predicted molar refractivity (Wildman–Crippen MR) is 80.5 cm³/mol. The highest BCUT2D eigenvalue weighted by Crippen LogP contribution is 2.13. The van der Waals surface area contributed by atoms with Crippen LogP contribution in [0, 0.1) is 0 Å². The Kier molecular flexibility index (Phi) is 13.6. The van der Waals surface area contributed by atoms with E-state index in [1.165, 1.54) is 77.0 Å².